The number of para-hydroxylation sites is 1. The van der Waals surface area contributed by atoms with E-state index in [0.29, 0.717) is 6.54 Å². The number of fused-ring (bicyclic) bond motifs is 2. The van der Waals surface area contributed by atoms with Crippen LogP contribution in [0.4, 0.5) is 11.4 Å². The van der Waals surface area contributed by atoms with Crippen molar-refractivity contribution in [3.05, 3.63) is 48.0 Å². The highest BCUT2D eigenvalue weighted by Gasteiger charge is 2.36. The summed E-state index contributed by atoms with van der Waals surface area (Å²) in [4.78, 5) is 2.32. The van der Waals surface area contributed by atoms with Crippen LogP contribution >= 0.6 is 11.8 Å². The Kier molecular flexibility index (Phi) is 4.30. The maximum absolute atomic E-state index is 13.0. The average molecular weight is 375 g/mol. The first-order chi connectivity index (χ1) is 12.0. The Balaban J connectivity index is 1.64. The first kappa shape index (κ1) is 16.9. The number of hydrogen-bond acceptors (Lipinski definition) is 4. The Bertz CT molecular complexity index is 911. The van der Waals surface area contributed by atoms with Gasteiger partial charge in [-0.25, -0.2) is 8.42 Å². The first-order valence-corrected chi connectivity index (χ1v) is 11.0. The maximum Gasteiger partial charge on any atom is 0.221 e. The molecule has 0 saturated carbocycles. The molecule has 1 N–H and O–H groups in total. The van der Waals surface area contributed by atoms with E-state index in [1.807, 2.05) is 43.3 Å². The number of benzene rings is 2. The molecule has 2 aromatic rings. The molecule has 2 aliphatic rings. The van der Waals surface area contributed by atoms with Crippen LogP contribution < -0.4 is 5.32 Å². The molecular weight excluding hydrogens is 352 g/mol. The van der Waals surface area contributed by atoms with E-state index in [-0.39, 0.29) is 6.04 Å². The maximum atomic E-state index is 13.0. The zero-order valence-corrected chi connectivity index (χ0v) is 16.0. The molecule has 1 unspecified atom stereocenters. The van der Waals surface area contributed by atoms with Crippen molar-refractivity contribution in [3.8, 4) is 0 Å². The van der Waals surface area contributed by atoms with E-state index in [0.717, 1.165) is 34.7 Å². The molecule has 1 saturated heterocycles. The molecule has 0 amide bonds. The molecule has 2 heterocycles. The van der Waals surface area contributed by atoms with Gasteiger partial charge in [-0.2, -0.15) is 4.31 Å². The molecule has 132 valence electrons. The second-order valence-corrected chi connectivity index (χ2v) is 10.1. The van der Waals surface area contributed by atoms with Crippen molar-refractivity contribution >= 4 is 33.2 Å². The molecule has 2 aliphatic heterocycles. The van der Waals surface area contributed by atoms with E-state index in [1.54, 1.807) is 23.0 Å². The standard InChI is InChI=1S/C19H22N2O2S2/c1-13-6-5-11-21(13)25(22,23)14(2)15-9-10-19-17(12-15)20-16-7-3-4-8-18(16)24-19/h3-4,7-10,12-14,20H,5-6,11H2,1-2H3/t13-,14?/m0/s1. The van der Waals surface area contributed by atoms with E-state index in [2.05, 4.69) is 11.4 Å². The van der Waals surface area contributed by atoms with E-state index < -0.39 is 15.3 Å². The summed E-state index contributed by atoms with van der Waals surface area (Å²) in [5.41, 5.74) is 2.89. The van der Waals surface area contributed by atoms with Gasteiger partial charge in [-0.3, -0.25) is 0 Å². The number of rotatable bonds is 3. The molecule has 0 aliphatic carbocycles. The van der Waals surface area contributed by atoms with Gasteiger partial charge in [0.05, 0.1) is 16.6 Å². The highest BCUT2D eigenvalue weighted by molar-refractivity contribution is 7.99. The van der Waals surface area contributed by atoms with Crippen LogP contribution in [-0.4, -0.2) is 25.3 Å². The van der Waals surface area contributed by atoms with E-state index in [1.165, 1.54) is 4.90 Å². The lowest BCUT2D eigenvalue weighted by Gasteiger charge is -2.27. The topological polar surface area (TPSA) is 49.4 Å². The SMILES string of the molecule is CC(c1ccc2c(c1)Nc1ccccc1S2)S(=O)(=O)N1CCC[C@@H]1C. The summed E-state index contributed by atoms with van der Waals surface area (Å²) < 4.78 is 27.7. The van der Waals surface area contributed by atoms with Crippen LogP contribution in [0.25, 0.3) is 0 Å². The van der Waals surface area contributed by atoms with E-state index in [4.69, 9.17) is 0 Å². The third kappa shape index (κ3) is 2.96. The van der Waals surface area contributed by atoms with Crippen LogP contribution in [0, 0.1) is 0 Å². The second kappa shape index (κ2) is 6.34. The minimum Gasteiger partial charge on any atom is -0.354 e. The predicted molar refractivity (Wildman–Crippen MR) is 103 cm³/mol. The van der Waals surface area contributed by atoms with Gasteiger partial charge >= 0.3 is 0 Å². The number of anilines is 2. The smallest absolute Gasteiger partial charge is 0.221 e. The third-order valence-electron chi connectivity index (χ3n) is 5.12. The Labute approximate surface area is 153 Å². The van der Waals surface area contributed by atoms with Gasteiger partial charge in [0.25, 0.3) is 0 Å². The van der Waals surface area contributed by atoms with Gasteiger partial charge in [0.15, 0.2) is 0 Å². The summed E-state index contributed by atoms with van der Waals surface area (Å²) in [6.07, 6.45) is 1.90. The average Bonchev–Trinajstić information content (AvgIpc) is 3.05. The van der Waals surface area contributed by atoms with Gasteiger partial charge in [0.1, 0.15) is 0 Å². The molecule has 0 bridgehead atoms. The lowest BCUT2D eigenvalue weighted by molar-refractivity contribution is 0.402. The first-order valence-electron chi connectivity index (χ1n) is 8.65. The lowest BCUT2D eigenvalue weighted by Crippen LogP contribution is -2.36. The van der Waals surface area contributed by atoms with Crippen molar-refractivity contribution < 1.29 is 8.42 Å². The molecule has 4 nitrogen and oxygen atoms in total. The normalized spacial score (nSPS) is 21.3. The van der Waals surface area contributed by atoms with Crippen LogP contribution in [-0.2, 0) is 10.0 Å². The predicted octanol–water partition coefficient (Wildman–Crippen LogP) is 4.77. The minimum atomic E-state index is -3.33. The largest absolute Gasteiger partial charge is 0.354 e. The number of hydrogen-bond donors (Lipinski definition) is 1. The van der Waals surface area contributed by atoms with Gasteiger partial charge < -0.3 is 5.32 Å². The van der Waals surface area contributed by atoms with Crippen LogP contribution in [0.5, 0.6) is 0 Å². The van der Waals surface area contributed by atoms with Crippen LogP contribution in [0.1, 0.15) is 37.5 Å². The van der Waals surface area contributed by atoms with Crippen LogP contribution in [0.3, 0.4) is 0 Å². The van der Waals surface area contributed by atoms with Crippen LogP contribution in [0.2, 0.25) is 0 Å². The summed E-state index contributed by atoms with van der Waals surface area (Å²) >= 11 is 1.71. The molecule has 6 heteroatoms. The fraction of sp³-hybridized carbons (Fsp3) is 0.368. The fourth-order valence-electron chi connectivity index (χ4n) is 3.57. The lowest BCUT2D eigenvalue weighted by atomic mass is 10.1. The van der Waals surface area contributed by atoms with E-state index >= 15 is 0 Å². The third-order valence-corrected chi connectivity index (χ3v) is 8.63. The zero-order valence-electron chi connectivity index (χ0n) is 14.4. The highest BCUT2D eigenvalue weighted by Crippen LogP contribution is 2.45. The Morgan fingerprint density at radius 1 is 1.16 bits per heavy atom. The monoisotopic (exact) mass is 374 g/mol. The molecule has 2 aromatic carbocycles. The molecule has 0 spiro atoms. The molecular formula is C19H22N2O2S2. The summed E-state index contributed by atoms with van der Waals surface area (Å²) in [6, 6.07) is 14.2. The highest BCUT2D eigenvalue weighted by atomic mass is 32.2. The number of nitrogens with one attached hydrogen (secondary N) is 1. The quantitative estimate of drug-likeness (QED) is 0.717. The van der Waals surface area contributed by atoms with Gasteiger partial charge in [-0.05, 0) is 56.5 Å². The van der Waals surface area contributed by atoms with Crippen molar-refractivity contribution in [1.29, 1.82) is 0 Å². The number of sulfonamides is 1. The van der Waals surface area contributed by atoms with Crippen LogP contribution in [0.15, 0.2) is 52.3 Å². The zero-order chi connectivity index (χ0) is 17.6. The second-order valence-electron chi connectivity index (χ2n) is 6.77. The van der Waals surface area contributed by atoms with Crippen molar-refractivity contribution in [1.82, 2.24) is 4.31 Å². The summed E-state index contributed by atoms with van der Waals surface area (Å²) in [5, 5.41) is 2.90. The Morgan fingerprint density at radius 3 is 2.68 bits per heavy atom. The summed E-state index contributed by atoms with van der Waals surface area (Å²) in [7, 11) is -3.33. The van der Waals surface area contributed by atoms with Crippen molar-refractivity contribution in [3.63, 3.8) is 0 Å². The molecule has 2 atom stereocenters. The molecule has 0 aromatic heterocycles. The van der Waals surface area contributed by atoms with Crippen molar-refractivity contribution in [2.75, 3.05) is 11.9 Å². The van der Waals surface area contributed by atoms with E-state index in [9.17, 15) is 8.42 Å². The van der Waals surface area contributed by atoms with Crippen molar-refractivity contribution in [2.24, 2.45) is 0 Å². The van der Waals surface area contributed by atoms with Gasteiger partial charge in [-0.1, -0.05) is 30.0 Å². The molecule has 0 radical (unpaired) electrons. The van der Waals surface area contributed by atoms with Crippen molar-refractivity contribution in [2.45, 2.75) is 47.8 Å². The Hall–Kier alpha value is -1.50. The molecule has 1 fully saturated rings. The van der Waals surface area contributed by atoms with Gasteiger partial charge in [0.2, 0.25) is 10.0 Å². The summed E-state index contributed by atoms with van der Waals surface area (Å²) in [5.74, 6) is 0. The summed E-state index contributed by atoms with van der Waals surface area (Å²) in [6.45, 7) is 4.44. The number of nitrogens with zero attached hydrogens (tertiary/aromatic N) is 1. The molecule has 4 rings (SSSR count). The fourth-order valence-corrected chi connectivity index (χ4v) is 6.43. The van der Waals surface area contributed by atoms with Gasteiger partial charge in [-0.15, -0.1) is 0 Å². The Morgan fingerprint density at radius 2 is 1.92 bits per heavy atom. The van der Waals surface area contributed by atoms with Gasteiger partial charge in [0, 0.05) is 22.4 Å². The molecule has 25 heavy (non-hydrogen) atoms. The minimum absolute atomic E-state index is 0.102.